The van der Waals surface area contributed by atoms with Crippen LogP contribution in [-0.2, 0) is 5.54 Å². The van der Waals surface area contributed by atoms with Crippen molar-refractivity contribution in [3.8, 4) is 0 Å². The van der Waals surface area contributed by atoms with E-state index in [9.17, 15) is 0 Å². The molecule has 0 atom stereocenters. The fourth-order valence-corrected chi connectivity index (χ4v) is 2.07. The van der Waals surface area contributed by atoms with Crippen molar-refractivity contribution in [1.29, 1.82) is 0 Å². The molecule has 2 aromatic rings. The number of nitrogens with one attached hydrogen (secondary N) is 1. The Morgan fingerprint density at radius 1 is 1.44 bits per heavy atom. The third-order valence-corrected chi connectivity index (χ3v) is 2.89. The molecule has 4 nitrogen and oxygen atoms in total. The van der Waals surface area contributed by atoms with E-state index < -0.39 is 0 Å². The second-order valence-corrected chi connectivity index (χ2v) is 4.73. The summed E-state index contributed by atoms with van der Waals surface area (Å²) in [6, 6.07) is 4.21. The predicted octanol–water partition coefficient (Wildman–Crippen LogP) is 2.21. The van der Waals surface area contributed by atoms with Crippen molar-refractivity contribution in [1.82, 2.24) is 15.3 Å². The zero-order valence-electron chi connectivity index (χ0n) is 9.53. The standard InChI is InChI=1S/C12H15N3O/c1-8(2)15-12(5-6-12)11-14-10-9(16-11)4-3-7-13-10/h3-4,7-8,15H,5-6H2,1-2H3. The van der Waals surface area contributed by atoms with Gasteiger partial charge in [0.2, 0.25) is 5.89 Å². The lowest BCUT2D eigenvalue weighted by molar-refractivity contribution is 0.371. The first-order chi connectivity index (χ1) is 7.70. The molecule has 1 fully saturated rings. The van der Waals surface area contributed by atoms with Crippen LogP contribution < -0.4 is 5.32 Å². The van der Waals surface area contributed by atoms with Gasteiger partial charge in [0.25, 0.3) is 0 Å². The first-order valence-corrected chi connectivity index (χ1v) is 5.69. The van der Waals surface area contributed by atoms with E-state index >= 15 is 0 Å². The molecule has 0 radical (unpaired) electrons. The monoisotopic (exact) mass is 217 g/mol. The maximum absolute atomic E-state index is 5.76. The molecule has 0 unspecified atom stereocenters. The summed E-state index contributed by atoms with van der Waals surface area (Å²) in [6.45, 7) is 4.28. The molecule has 0 aromatic carbocycles. The first-order valence-electron chi connectivity index (χ1n) is 5.69. The Balaban J connectivity index is 2.00. The van der Waals surface area contributed by atoms with Crippen LogP contribution >= 0.6 is 0 Å². The molecule has 1 aliphatic rings. The molecule has 16 heavy (non-hydrogen) atoms. The maximum Gasteiger partial charge on any atom is 0.217 e. The largest absolute Gasteiger partial charge is 0.437 e. The van der Waals surface area contributed by atoms with Gasteiger partial charge in [-0.1, -0.05) is 0 Å². The van der Waals surface area contributed by atoms with Gasteiger partial charge in [-0.3, -0.25) is 0 Å². The zero-order valence-corrected chi connectivity index (χ0v) is 9.53. The Bertz CT molecular complexity index is 481. The van der Waals surface area contributed by atoms with Gasteiger partial charge >= 0.3 is 0 Å². The highest BCUT2D eigenvalue weighted by atomic mass is 16.4. The molecule has 1 N–H and O–H groups in total. The molecule has 0 bridgehead atoms. The van der Waals surface area contributed by atoms with Crippen molar-refractivity contribution in [2.45, 2.75) is 38.3 Å². The second-order valence-electron chi connectivity index (χ2n) is 4.73. The average Bonchev–Trinajstić information content (AvgIpc) is 2.89. The van der Waals surface area contributed by atoms with Crippen LogP contribution in [0.5, 0.6) is 0 Å². The molecule has 4 heteroatoms. The van der Waals surface area contributed by atoms with Gasteiger partial charge in [0, 0.05) is 12.2 Å². The van der Waals surface area contributed by atoms with Crippen LogP contribution in [0, 0.1) is 0 Å². The quantitative estimate of drug-likeness (QED) is 0.856. The van der Waals surface area contributed by atoms with Gasteiger partial charge < -0.3 is 9.73 Å². The van der Waals surface area contributed by atoms with Crippen LogP contribution in [0.15, 0.2) is 22.7 Å². The van der Waals surface area contributed by atoms with Crippen LogP contribution in [-0.4, -0.2) is 16.0 Å². The van der Waals surface area contributed by atoms with Gasteiger partial charge in [-0.25, -0.2) is 4.98 Å². The number of nitrogens with zero attached hydrogens (tertiary/aromatic N) is 2. The Hall–Kier alpha value is -1.42. The molecule has 0 saturated heterocycles. The Morgan fingerprint density at radius 3 is 2.88 bits per heavy atom. The highest BCUT2D eigenvalue weighted by molar-refractivity contribution is 5.67. The van der Waals surface area contributed by atoms with Crippen molar-refractivity contribution in [3.05, 3.63) is 24.2 Å². The molecule has 84 valence electrons. The molecule has 2 heterocycles. The smallest absolute Gasteiger partial charge is 0.217 e. The van der Waals surface area contributed by atoms with Crippen molar-refractivity contribution >= 4 is 11.2 Å². The Morgan fingerprint density at radius 2 is 2.25 bits per heavy atom. The minimum Gasteiger partial charge on any atom is -0.437 e. The van der Waals surface area contributed by atoms with Crippen molar-refractivity contribution < 1.29 is 4.42 Å². The van der Waals surface area contributed by atoms with E-state index in [-0.39, 0.29) is 5.54 Å². The molecule has 1 aliphatic carbocycles. The van der Waals surface area contributed by atoms with E-state index in [0.29, 0.717) is 11.7 Å². The highest BCUT2D eigenvalue weighted by Crippen LogP contribution is 2.45. The summed E-state index contributed by atoms with van der Waals surface area (Å²) in [4.78, 5) is 8.65. The molecule has 2 aromatic heterocycles. The lowest BCUT2D eigenvalue weighted by atomic mass is 10.2. The summed E-state index contributed by atoms with van der Waals surface area (Å²) in [6.07, 6.45) is 3.93. The second kappa shape index (κ2) is 3.28. The lowest BCUT2D eigenvalue weighted by Crippen LogP contribution is -2.34. The molecule has 0 aliphatic heterocycles. The fraction of sp³-hybridized carbons (Fsp3) is 0.500. The zero-order chi connectivity index (χ0) is 11.2. The predicted molar refractivity (Wildman–Crippen MR) is 61.0 cm³/mol. The minimum absolute atomic E-state index is 0.0329. The molecular formula is C12H15N3O. The number of oxazole rings is 1. The Labute approximate surface area is 94.1 Å². The van der Waals surface area contributed by atoms with Gasteiger partial charge in [-0.05, 0) is 38.8 Å². The minimum atomic E-state index is -0.0329. The summed E-state index contributed by atoms with van der Waals surface area (Å²) in [7, 11) is 0. The summed E-state index contributed by atoms with van der Waals surface area (Å²) in [5.74, 6) is 0.787. The maximum atomic E-state index is 5.76. The Kier molecular flexibility index (Phi) is 2.01. The van der Waals surface area contributed by atoms with Crippen LogP contribution in [0.1, 0.15) is 32.6 Å². The average molecular weight is 217 g/mol. The summed E-state index contributed by atoms with van der Waals surface area (Å²) < 4.78 is 5.76. The van der Waals surface area contributed by atoms with Crippen LogP contribution in [0.25, 0.3) is 11.2 Å². The number of hydrogen-bond acceptors (Lipinski definition) is 4. The van der Waals surface area contributed by atoms with Gasteiger partial charge in [0.15, 0.2) is 11.2 Å². The van der Waals surface area contributed by atoms with Gasteiger partial charge in [-0.2, -0.15) is 4.98 Å². The van der Waals surface area contributed by atoms with E-state index in [2.05, 4.69) is 29.1 Å². The fourth-order valence-electron chi connectivity index (χ4n) is 2.07. The third-order valence-electron chi connectivity index (χ3n) is 2.89. The number of hydrogen-bond donors (Lipinski definition) is 1. The highest BCUT2D eigenvalue weighted by Gasteiger charge is 2.49. The number of pyridine rings is 1. The molecule has 3 rings (SSSR count). The summed E-state index contributed by atoms with van der Waals surface area (Å²) >= 11 is 0. The van der Waals surface area contributed by atoms with Crippen LogP contribution in [0.4, 0.5) is 0 Å². The van der Waals surface area contributed by atoms with Gasteiger partial charge in [0.1, 0.15) is 0 Å². The molecule has 1 saturated carbocycles. The number of rotatable bonds is 3. The normalized spacial score (nSPS) is 18.2. The topological polar surface area (TPSA) is 51.0 Å². The molecule has 0 spiro atoms. The van der Waals surface area contributed by atoms with E-state index in [4.69, 9.17) is 4.42 Å². The van der Waals surface area contributed by atoms with E-state index in [1.165, 1.54) is 0 Å². The SMILES string of the molecule is CC(C)NC1(c2nc3ncccc3o2)CC1. The third kappa shape index (κ3) is 1.50. The van der Waals surface area contributed by atoms with E-state index in [1.807, 2.05) is 12.1 Å². The number of aromatic nitrogens is 2. The van der Waals surface area contributed by atoms with E-state index in [1.54, 1.807) is 6.20 Å². The molecular weight excluding hydrogens is 202 g/mol. The summed E-state index contributed by atoms with van der Waals surface area (Å²) in [5.41, 5.74) is 1.44. The van der Waals surface area contributed by atoms with E-state index in [0.717, 1.165) is 24.3 Å². The van der Waals surface area contributed by atoms with Crippen LogP contribution in [0.3, 0.4) is 0 Å². The van der Waals surface area contributed by atoms with Crippen molar-refractivity contribution in [2.75, 3.05) is 0 Å². The van der Waals surface area contributed by atoms with Crippen molar-refractivity contribution in [3.63, 3.8) is 0 Å². The van der Waals surface area contributed by atoms with Crippen molar-refractivity contribution in [2.24, 2.45) is 0 Å². The lowest BCUT2D eigenvalue weighted by Gasteiger charge is -2.16. The summed E-state index contributed by atoms with van der Waals surface area (Å²) in [5, 5.41) is 3.52. The van der Waals surface area contributed by atoms with Gasteiger partial charge in [0.05, 0.1) is 5.54 Å². The van der Waals surface area contributed by atoms with Crippen LogP contribution in [0.2, 0.25) is 0 Å². The number of fused-ring (bicyclic) bond motifs is 1. The molecule has 0 amide bonds. The van der Waals surface area contributed by atoms with Gasteiger partial charge in [-0.15, -0.1) is 0 Å². The first kappa shape index (κ1) is 9.78.